The lowest BCUT2D eigenvalue weighted by Gasteiger charge is -2.25. The quantitative estimate of drug-likeness (QED) is 0.774. The molecule has 2 N–H and O–H groups in total. The van der Waals surface area contributed by atoms with E-state index in [1.54, 1.807) is 14.0 Å². The Labute approximate surface area is 135 Å². The molecule has 0 heterocycles. The van der Waals surface area contributed by atoms with Gasteiger partial charge in [-0.05, 0) is 18.9 Å². The van der Waals surface area contributed by atoms with Crippen LogP contribution in [0.4, 0.5) is 0 Å². The lowest BCUT2D eigenvalue weighted by atomic mass is 10.1. The first-order valence-corrected chi connectivity index (χ1v) is 7.67. The van der Waals surface area contributed by atoms with Crippen LogP contribution in [0.15, 0.2) is 30.3 Å². The minimum atomic E-state index is -0.699. The average Bonchev–Trinajstić information content (AvgIpc) is 2.56. The number of amides is 2. The summed E-state index contributed by atoms with van der Waals surface area (Å²) in [6.07, 6.45) is 0.305. The molecule has 5 heteroatoms. The van der Waals surface area contributed by atoms with Gasteiger partial charge in [0.15, 0.2) is 0 Å². The van der Waals surface area contributed by atoms with Crippen LogP contribution in [0.5, 0.6) is 0 Å². The molecule has 1 aromatic rings. The van der Waals surface area contributed by atoms with Crippen LogP contribution in [0.2, 0.25) is 0 Å². The predicted molar refractivity (Wildman–Crippen MR) is 90.4 cm³/mol. The number of hydrogen-bond donors (Lipinski definition) is 2. The molecule has 0 spiro atoms. The van der Waals surface area contributed by atoms with E-state index >= 15 is 0 Å². The summed E-state index contributed by atoms with van der Waals surface area (Å²) >= 11 is 0. The SMILES string of the molecule is CCC(C)C(=O)NC(C(=O)NC)C(C)OCc1ccccc1.[HH].[HH]. The average molecular weight is 310 g/mol. The van der Waals surface area contributed by atoms with Crippen molar-refractivity contribution in [2.24, 2.45) is 5.92 Å². The fraction of sp³-hybridized carbons (Fsp3) is 0.529. The monoisotopic (exact) mass is 310 g/mol. The topological polar surface area (TPSA) is 67.4 Å². The van der Waals surface area contributed by atoms with Gasteiger partial charge in [-0.1, -0.05) is 44.2 Å². The molecule has 0 aliphatic rings. The highest BCUT2D eigenvalue weighted by Gasteiger charge is 2.28. The first kappa shape index (κ1) is 18.2. The number of hydrogen-bond acceptors (Lipinski definition) is 3. The molecule has 1 aromatic carbocycles. The van der Waals surface area contributed by atoms with Gasteiger partial charge in [0, 0.05) is 15.8 Å². The zero-order chi connectivity index (χ0) is 16.5. The van der Waals surface area contributed by atoms with E-state index in [2.05, 4.69) is 10.6 Å². The first-order valence-electron chi connectivity index (χ1n) is 7.67. The molecule has 0 aromatic heterocycles. The Bertz CT molecular complexity index is 486. The molecule has 0 saturated carbocycles. The highest BCUT2D eigenvalue weighted by Crippen LogP contribution is 2.08. The van der Waals surface area contributed by atoms with E-state index in [9.17, 15) is 9.59 Å². The van der Waals surface area contributed by atoms with Gasteiger partial charge in [0.05, 0.1) is 12.7 Å². The van der Waals surface area contributed by atoms with Crippen molar-refractivity contribution in [3.8, 4) is 0 Å². The summed E-state index contributed by atoms with van der Waals surface area (Å²) in [4.78, 5) is 24.0. The Morgan fingerprint density at radius 3 is 2.36 bits per heavy atom. The van der Waals surface area contributed by atoms with Crippen molar-refractivity contribution in [3.63, 3.8) is 0 Å². The summed E-state index contributed by atoms with van der Waals surface area (Å²) in [6.45, 7) is 5.97. The fourth-order valence-corrected chi connectivity index (χ4v) is 1.93. The van der Waals surface area contributed by atoms with Crippen LogP contribution in [0.3, 0.4) is 0 Å². The van der Waals surface area contributed by atoms with E-state index in [0.29, 0.717) is 6.61 Å². The Morgan fingerprint density at radius 2 is 1.82 bits per heavy atom. The summed E-state index contributed by atoms with van der Waals surface area (Å²) in [5.41, 5.74) is 1.03. The number of rotatable bonds is 8. The van der Waals surface area contributed by atoms with E-state index in [-0.39, 0.29) is 20.6 Å². The lowest BCUT2D eigenvalue weighted by molar-refractivity contribution is -0.134. The Hall–Kier alpha value is -1.88. The Morgan fingerprint density at radius 1 is 1.18 bits per heavy atom. The predicted octanol–water partition coefficient (Wildman–Crippen LogP) is 2.36. The van der Waals surface area contributed by atoms with Crippen molar-refractivity contribution < 1.29 is 17.2 Å². The van der Waals surface area contributed by atoms with E-state index in [1.807, 2.05) is 44.2 Å². The van der Waals surface area contributed by atoms with Crippen LogP contribution < -0.4 is 10.6 Å². The largest absolute Gasteiger partial charge is 0.371 e. The van der Waals surface area contributed by atoms with Crippen molar-refractivity contribution in [1.29, 1.82) is 0 Å². The van der Waals surface area contributed by atoms with Crippen LogP contribution in [0.1, 0.15) is 35.6 Å². The van der Waals surface area contributed by atoms with Crippen LogP contribution in [-0.2, 0) is 20.9 Å². The number of carbonyl (C=O) groups excluding carboxylic acids is 2. The number of carbonyl (C=O) groups is 2. The van der Waals surface area contributed by atoms with Gasteiger partial charge in [-0.25, -0.2) is 0 Å². The second-order valence-corrected chi connectivity index (χ2v) is 5.41. The maximum absolute atomic E-state index is 12.0. The van der Waals surface area contributed by atoms with E-state index in [1.165, 1.54) is 0 Å². The standard InChI is InChI=1S/C17H26N2O3.2H2/c1-5-12(2)16(20)19-15(17(21)18-4)13(3)22-11-14-9-7-6-8-10-14;;/h6-10,12-13,15H,5,11H2,1-4H3,(H,18,21)(H,19,20);2*1H. The highest BCUT2D eigenvalue weighted by molar-refractivity contribution is 5.88. The molecular formula is C17H30N2O3. The minimum absolute atomic E-state index is 0. The van der Waals surface area contributed by atoms with Gasteiger partial charge in [-0.15, -0.1) is 0 Å². The molecule has 126 valence electrons. The molecule has 3 atom stereocenters. The maximum atomic E-state index is 12.0. The highest BCUT2D eigenvalue weighted by atomic mass is 16.5. The number of likely N-dealkylation sites (N-methyl/N-ethyl adjacent to an activating group) is 1. The summed E-state index contributed by atoms with van der Waals surface area (Å²) in [5, 5.41) is 5.35. The van der Waals surface area contributed by atoms with Crippen molar-refractivity contribution in [2.75, 3.05) is 7.05 Å². The normalized spacial score (nSPS) is 14.7. The molecule has 5 nitrogen and oxygen atoms in total. The molecule has 0 bridgehead atoms. The van der Waals surface area contributed by atoms with Crippen molar-refractivity contribution in [2.45, 2.75) is 45.9 Å². The van der Waals surface area contributed by atoms with E-state index in [4.69, 9.17) is 4.74 Å². The summed E-state index contributed by atoms with van der Waals surface area (Å²) in [6, 6.07) is 9.02. The third-order valence-corrected chi connectivity index (χ3v) is 3.71. The van der Waals surface area contributed by atoms with E-state index in [0.717, 1.165) is 12.0 Å². The second kappa shape index (κ2) is 9.20. The molecule has 0 fully saturated rings. The molecule has 22 heavy (non-hydrogen) atoms. The molecular weight excluding hydrogens is 280 g/mol. The van der Waals surface area contributed by atoms with Gasteiger partial charge in [0.1, 0.15) is 6.04 Å². The molecule has 1 rings (SSSR count). The van der Waals surface area contributed by atoms with Crippen LogP contribution >= 0.6 is 0 Å². The van der Waals surface area contributed by atoms with Crippen molar-refractivity contribution in [3.05, 3.63) is 35.9 Å². The third kappa shape index (κ3) is 5.48. The molecule has 0 aliphatic carbocycles. The van der Waals surface area contributed by atoms with Gasteiger partial charge in [-0.3, -0.25) is 9.59 Å². The van der Waals surface area contributed by atoms with Gasteiger partial charge in [0.2, 0.25) is 11.8 Å². The minimum Gasteiger partial charge on any atom is -0.371 e. The fourth-order valence-electron chi connectivity index (χ4n) is 1.93. The zero-order valence-electron chi connectivity index (χ0n) is 13.8. The summed E-state index contributed by atoms with van der Waals surface area (Å²) in [5.74, 6) is -0.517. The van der Waals surface area contributed by atoms with Crippen LogP contribution in [0, 0.1) is 5.92 Å². The number of benzene rings is 1. The van der Waals surface area contributed by atoms with Gasteiger partial charge in [0.25, 0.3) is 0 Å². The summed E-state index contributed by atoms with van der Waals surface area (Å²) in [7, 11) is 1.55. The third-order valence-electron chi connectivity index (χ3n) is 3.71. The molecule has 0 aliphatic heterocycles. The Balaban J connectivity index is 0. The van der Waals surface area contributed by atoms with Crippen molar-refractivity contribution >= 4 is 11.8 Å². The first-order chi connectivity index (χ1) is 10.5. The zero-order valence-corrected chi connectivity index (χ0v) is 13.8. The molecule has 0 radical (unpaired) electrons. The van der Waals surface area contributed by atoms with Crippen LogP contribution in [-0.4, -0.2) is 31.0 Å². The summed E-state index contributed by atoms with van der Waals surface area (Å²) < 4.78 is 5.75. The number of nitrogens with one attached hydrogen (secondary N) is 2. The smallest absolute Gasteiger partial charge is 0.245 e. The van der Waals surface area contributed by atoms with Crippen molar-refractivity contribution in [1.82, 2.24) is 10.6 Å². The van der Waals surface area contributed by atoms with E-state index < -0.39 is 12.1 Å². The number of ether oxygens (including phenoxy) is 1. The van der Waals surface area contributed by atoms with Crippen LogP contribution in [0.25, 0.3) is 0 Å². The van der Waals surface area contributed by atoms with Gasteiger partial charge >= 0.3 is 0 Å². The lowest BCUT2D eigenvalue weighted by Crippen LogP contribution is -2.53. The Kier molecular flexibility index (Phi) is 7.60. The molecule has 0 saturated heterocycles. The van der Waals surface area contributed by atoms with Gasteiger partial charge < -0.3 is 15.4 Å². The van der Waals surface area contributed by atoms with Gasteiger partial charge in [-0.2, -0.15) is 0 Å². The molecule has 3 unspecified atom stereocenters. The second-order valence-electron chi connectivity index (χ2n) is 5.41. The maximum Gasteiger partial charge on any atom is 0.245 e. The molecule has 2 amide bonds.